The molecule has 4 rings (SSSR count). The summed E-state index contributed by atoms with van der Waals surface area (Å²) in [6.45, 7) is -0.612. The number of ether oxygens (including phenoxy) is 2. The molecule has 2 N–H and O–H groups in total. The van der Waals surface area contributed by atoms with Gasteiger partial charge in [0, 0.05) is 12.2 Å². The van der Waals surface area contributed by atoms with Gasteiger partial charge in [0.15, 0.2) is 0 Å². The number of carbonyl (C=O) groups is 2. The first-order valence-electron chi connectivity index (χ1n) is 14.3. The fraction of sp³-hybridized carbons (Fsp3) is 0.176. The maximum absolute atomic E-state index is 12.9. The Bertz CT molecular complexity index is 1670. The number of nitrogens with one attached hydrogen (secondary N) is 2. The maximum Gasteiger partial charge on any atom is 0.331 e. The van der Waals surface area contributed by atoms with Crippen molar-refractivity contribution in [2.75, 3.05) is 13.2 Å². The quantitative estimate of drug-likeness (QED) is 0.136. The molecule has 12 heteroatoms. The molecule has 4 aromatic carbocycles. The first kappa shape index (κ1) is 34.3. The fourth-order valence-corrected chi connectivity index (χ4v) is 6.92. The Morgan fingerprint density at radius 1 is 0.522 bits per heavy atom. The van der Waals surface area contributed by atoms with Gasteiger partial charge >= 0.3 is 11.9 Å². The third-order valence-electron chi connectivity index (χ3n) is 6.61. The van der Waals surface area contributed by atoms with E-state index in [2.05, 4.69) is 9.44 Å². The molecular formula is C34H34N2O8S2. The summed E-state index contributed by atoms with van der Waals surface area (Å²) in [5.74, 6) is -1.78. The van der Waals surface area contributed by atoms with Gasteiger partial charge in [-0.2, -0.15) is 0 Å². The molecule has 0 bridgehead atoms. The molecule has 0 aliphatic rings. The topological polar surface area (TPSA) is 145 Å². The normalized spacial score (nSPS) is 13.1. The van der Waals surface area contributed by atoms with Crippen molar-refractivity contribution in [2.45, 2.75) is 34.7 Å². The molecule has 0 aliphatic carbocycles. The van der Waals surface area contributed by atoms with Gasteiger partial charge in [-0.05, 0) is 48.2 Å². The molecule has 0 amide bonds. The van der Waals surface area contributed by atoms with Crippen LogP contribution >= 0.6 is 0 Å². The van der Waals surface area contributed by atoms with Crippen LogP contribution in [0.25, 0.3) is 0 Å². The van der Waals surface area contributed by atoms with Crippen LogP contribution in [0.5, 0.6) is 0 Å². The van der Waals surface area contributed by atoms with E-state index in [0.717, 1.165) is 23.3 Å². The van der Waals surface area contributed by atoms with Crippen molar-refractivity contribution in [1.29, 1.82) is 0 Å². The van der Waals surface area contributed by atoms with Crippen molar-refractivity contribution in [1.82, 2.24) is 9.44 Å². The number of carbonyl (C=O) groups excluding carboxylic acids is 2. The predicted molar refractivity (Wildman–Crippen MR) is 172 cm³/mol. The summed E-state index contributed by atoms with van der Waals surface area (Å²) in [6, 6.07) is 32.3. The van der Waals surface area contributed by atoms with E-state index in [0.29, 0.717) is 0 Å². The Balaban J connectivity index is 1.35. The molecule has 10 nitrogen and oxygen atoms in total. The first-order chi connectivity index (χ1) is 22.1. The summed E-state index contributed by atoms with van der Waals surface area (Å²) in [4.78, 5) is 25.1. The SMILES string of the molecule is O=C(/C=C/C(=O)OC[C@H](Cc1ccccc1)NS(=O)(=O)c1ccccc1)OC[C@H](Cc1ccccc1)NS(=O)(=O)c1ccccc1. The lowest BCUT2D eigenvalue weighted by Crippen LogP contribution is -2.40. The molecule has 0 aromatic heterocycles. The highest BCUT2D eigenvalue weighted by Gasteiger charge is 2.23. The Morgan fingerprint density at radius 2 is 0.826 bits per heavy atom. The van der Waals surface area contributed by atoms with Crippen molar-refractivity contribution < 1.29 is 35.9 Å². The number of hydrogen-bond acceptors (Lipinski definition) is 8. The number of benzene rings is 4. The van der Waals surface area contributed by atoms with E-state index >= 15 is 0 Å². The van der Waals surface area contributed by atoms with Gasteiger partial charge in [-0.15, -0.1) is 0 Å². The highest BCUT2D eigenvalue weighted by molar-refractivity contribution is 7.89. The van der Waals surface area contributed by atoms with Crippen LogP contribution in [0, 0.1) is 0 Å². The average Bonchev–Trinajstić information content (AvgIpc) is 3.06. The van der Waals surface area contributed by atoms with Crippen molar-refractivity contribution in [3.05, 3.63) is 145 Å². The van der Waals surface area contributed by atoms with Gasteiger partial charge in [0.2, 0.25) is 20.0 Å². The third-order valence-corrected chi connectivity index (χ3v) is 9.68. The highest BCUT2D eigenvalue weighted by atomic mass is 32.2. The van der Waals surface area contributed by atoms with Crippen LogP contribution in [-0.4, -0.2) is 54.1 Å². The molecule has 0 unspecified atom stereocenters. The third kappa shape index (κ3) is 11.1. The number of hydrogen-bond donors (Lipinski definition) is 2. The van der Waals surface area contributed by atoms with Gasteiger partial charge in [0.05, 0.1) is 21.9 Å². The molecule has 46 heavy (non-hydrogen) atoms. The second kappa shape index (κ2) is 16.6. The molecule has 0 aliphatic heterocycles. The van der Waals surface area contributed by atoms with Crippen LogP contribution in [0.4, 0.5) is 0 Å². The second-order valence-corrected chi connectivity index (χ2v) is 13.7. The van der Waals surface area contributed by atoms with E-state index in [1.165, 1.54) is 24.3 Å². The van der Waals surface area contributed by atoms with Crippen LogP contribution in [-0.2, 0) is 52.0 Å². The van der Waals surface area contributed by atoms with Crippen LogP contribution in [0.15, 0.2) is 143 Å². The van der Waals surface area contributed by atoms with Gasteiger partial charge < -0.3 is 9.47 Å². The largest absolute Gasteiger partial charge is 0.461 e. The van der Waals surface area contributed by atoms with E-state index < -0.39 is 44.1 Å². The lowest BCUT2D eigenvalue weighted by atomic mass is 10.1. The van der Waals surface area contributed by atoms with Crippen molar-refractivity contribution in [3.8, 4) is 0 Å². The van der Waals surface area contributed by atoms with Gasteiger partial charge in [-0.1, -0.05) is 97.1 Å². The molecular weight excluding hydrogens is 629 g/mol. The lowest BCUT2D eigenvalue weighted by molar-refractivity contribution is -0.141. The minimum atomic E-state index is -3.90. The second-order valence-electron chi connectivity index (χ2n) is 10.2. The summed E-state index contributed by atoms with van der Waals surface area (Å²) in [5, 5.41) is 0. The van der Waals surface area contributed by atoms with E-state index in [1.807, 2.05) is 60.7 Å². The predicted octanol–water partition coefficient (Wildman–Crippen LogP) is 3.81. The summed E-state index contributed by atoms with van der Waals surface area (Å²) >= 11 is 0. The van der Waals surface area contributed by atoms with Crippen molar-refractivity contribution in [2.24, 2.45) is 0 Å². The van der Waals surface area contributed by atoms with Crippen LogP contribution in [0.3, 0.4) is 0 Å². The number of sulfonamides is 2. The van der Waals surface area contributed by atoms with E-state index in [-0.39, 0.29) is 35.8 Å². The van der Waals surface area contributed by atoms with E-state index in [9.17, 15) is 26.4 Å². The van der Waals surface area contributed by atoms with Gasteiger partial charge in [-0.25, -0.2) is 35.9 Å². The molecule has 0 fully saturated rings. The van der Waals surface area contributed by atoms with Gasteiger partial charge in [0.1, 0.15) is 13.2 Å². The molecule has 0 saturated heterocycles. The zero-order chi connectivity index (χ0) is 32.8. The molecule has 0 radical (unpaired) electrons. The maximum atomic E-state index is 12.9. The standard InChI is InChI=1S/C34H34N2O8S2/c37-33(43-25-29(23-27-13-5-1-6-14-27)35-45(39,40)31-17-9-3-10-18-31)21-22-34(38)44-26-30(24-28-15-7-2-8-16-28)36-46(41,42)32-19-11-4-12-20-32/h1-22,29-30,35-36H,23-26H2/b22-21+/t29-,30-/m0/s1. The molecule has 2 atom stereocenters. The summed E-state index contributed by atoms with van der Waals surface area (Å²) in [5.41, 5.74) is 1.65. The van der Waals surface area contributed by atoms with Crippen LogP contribution in [0.1, 0.15) is 11.1 Å². The zero-order valence-electron chi connectivity index (χ0n) is 24.8. The Hall–Kier alpha value is -4.62. The smallest absolute Gasteiger partial charge is 0.331 e. The van der Waals surface area contributed by atoms with Crippen LogP contribution < -0.4 is 9.44 Å². The minimum absolute atomic E-state index is 0.0682. The summed E-state index contributed by atoms with van der Waals surface area (Å²) in [6.07, 6.45) is 2.23. The fourth-order valence-electron chi connectivity index (χ4n) is 4.44. The molecule has 0 heterocycles. The number of rotatable bonds is 16. The Morgan fingerprint density at radius 3 is 1.15 bits per heavy atom. The monoisotopic (exact) mass is 662 g/mol. The first-order valence-corrected chi connectivity index (χ1v) is 17.3. The van der Waals surface area contributed by atoms with Crippen molar-refractivity contribution in [3.63, 3.8) is 0 Å². The lowest BCUT2D eigenvalue weighted by Gasteiger charge is -2.19. The Kier molecular flexibility index (Phi) is 12.4. The zero-order valence-corrected chi connectivity index (χ0v) is 26.4. The Labute approximate surface area is 269 Å². The summed E-state index contributed by atoms with van der Waals surface area (Å²) < 4.78 is 67.5. The van der Waals surface area contributed by atoms with E-state index in [1.54, 1.807) is 36.4 Å². The van der Waals surface area contributed by atoms with Crippen molar-refractivity contribution >= 4 is 32.0 Å². The molecule has 0 spiro atoms. The minimum Gasteiger partial charge on any atom is -0.461 e. The highest BCUT2D eigenvalue weighted by Crippen LogP contribution is 2.13. The van der Waals surface area contributed by atoms with E-state index in [4.69, 9.17) is 9.47 Å². The molecule has 4 aromatic rings. The molecule has 0 saturated carbocycles. The van der Waals surface area contributed by atoms with Gasteiger partial charge in [-0.3, -0.25) is 0 Å². The van der Waals surface area contributed by atoms with Crippen LogP contribution in [0.2, 0.25) is 0 Å². The molecule has 240 valence electrons. The average molecular weight is 663 g/mol. The summed E-state index contributed by atoms with van der Waals surface area (Å²) in [7, 11) is -7.81. The van der Waals surface area contributed by atoms with Gasteiger partial charge in [0.25, 0.3) is 0 Å². The number of esters is 2.